The van der Waals surface area contributed by atoms with Crippen LogP contribution in [0.15, 0.2) is 42.5 Å². The van der Waals surface area contributed by atoms with Crippen molar-refractivity contribution >= 4 is 17.6 Å². The van der Waals surface area contributed by atoms with Crippen LogP contribution in [0.3, 0.4) is 0 Å². The van der Waals surface area contributed by atoms with E-state index in [1.165, 1.54) is 6.07 Å². The van der Waals surface area contributed by atoms with Crippen LogP contribution in [0.25, 0.3) is 0 Å². The first kappa shape index (κ1) is 17.8. The average Bonchev–Trinajstić information content (AvgIpc) is 2.89. The molecule has 0 saturated carbocycles. The van der Waals surface area contributed by atoms with E-state index < -0.39 is 17.9 Å². The summed E-state index contributed by atoms with van der Waals surface area (Å²) in [5.41, 5.74) is 2.16. The van der Waals surface area contributed by atoms with Gasteiger partial charge in [0, 0.05) is 29.8 Å². The van der Waals surface area contributed by atoms with Gasteiger partial charge in [0.1, 0.15) is 5.75 Å². The van der Waals surface area contributed by atoms with Crippen LogP contribution < -0.4 is 4.90 Å². The largest absolute Gasteiger partial charge is 0.508 e. The third-order valence-corrected chi connectivity index (χ3v) is 5.00. The molecule has 2 aromatic carbocycles. The van der Waals surface area contributed by atoms with Crippen molar-refractivity contribution in [3.05, 3.63) is 59.2 Å². The van der Waals surface area contributed by atoms with Crippen LogP contribution >= 0.6 is 0 Å². The van der Waals surface area contributed by atoms with Gasteiger partial charge in [0.25, 0.3) is 0 Å². The lowest BCUT2D eigenvalue weighted by Gasteiger charge is -2.29. The van der Waals surface area contributed by atoms with Crippen LogP contribution in [0, 0.1) is 0 Å². The molecule has 2 aromatic rings. The SMILES string of the molecule is CCC1C(CC(=O)O)c2c(C(=O)O)cccc2N1Cc1ccccc1O. The fourth-order valence-electron chi connectivity index (χ4n) is 3.93. The first-order valence-corrected chi connectivity index (χ1v) is 8.55. The molecule has 3 N–H and O–H groups in total. The monoisotopic (exact) mass is 355 g/mol. The number of rotatable bonds is 6. The number of para-hydroxylation sites is 1. The van der Waals surface area contributed by atoms with Gasteiger partial charge in [-0.2, -0.15) is 0 Å². The van der Waals surface area contributed by atoms with Crippen molar-refractivity contribution in [3.8, 4) is 5.75 Å². The van der Waals surface area contributed by atoms with Gasteiger partial charge in [0.05, 0.1) is 12.0 Å². The second-order valence-electron chi connectivity index (χ2n) is 6.48. The molecule has 3 rings (SSSR count). The summed E-state index contributed by atoms with van der Waals surface area (Å²) in [4.78, 5) is 25.1. The van der Waals surface area contributed by atoms with Crippen molar-refractivity contribution in [2.24, 2.45) is 0 Å². The lowest BCUT2D eigenvalue weighted by Crippen LogP contribution is -2.34. The minimum absolute atomic E-state index is 0.132. The summed E-state index contributed by atoms with van der Waals surface area (Å²) < 4.78 is 0. The number of nitrogens with zero attached hydrogens (tertiary/aromatic N) is 1. The van der Waals surface area contributed by atoms with E-state index in [9.17, 15) is 24.9 Å². The number of carboxylic acids is 2. The zero-order valence-corrected chi connectivity index (χ0v) is 14.4. The molecule has 0 aromatic heterocycles. The predicted octanol–water partition coefficient (Wildman–Crippen LogP) is 3.45. The van der Waals surface area contributed by atoms with Crippen LogP contribution in [0.2, 0.25) is 0 Å². The van der Waals surface area contributed by atoms with Gasteiger partial charge in [0.15, 0.2) is 0 Å². The minimum atomic E-state index is -1.06. The van der Waals surface area contributed by atoms with E-state index in [4.69, 9.17) is 0 Å². The van der Waals surface area contributed by atoms with Gasteiger partial charge in [-0.3, -0.25) is 4.79 Å². The van der Waals surface area contributed by atoms with Gasteiger partial charge < -0.3 is 20.2 Å². The Bertz CT molecular complexity index is 848. The molecular weight excluding hydrogens is 334 g/mol. The van der Waals surface area contributed by atoms with E-state index in [1.54, 1.807) is 18.2 Å². The van der Waals surface area contributed by atoms with Crippen LogP contribution in [0.1, 0.15) is 47.2 Å². The quantitative estimate of drug-likeness (QED) is 0.734. The normalized spacial score (nSPS) is 18.6. The number of carboxylic acid groups (broad SMARTS) is 2. The average molecular weight is 355 g/mol. The number of benzene rings is 2. The highest BCUT2D eigenvalue weighted by molar-refractivity contribution is 5.93. The summed E-state index contributed by atoms with van der Waals surface area (Å²) >= 11 is 0. The summed E-state index contributed by atoms with van der Waals surface area (Å²) in [7, 11) is 0. The Morgan fingerprint density at radius 2 is 1.81 bits per heavy atom. The third kappa shape index (κ3) is 3.10. The minimum Gasteiger partial charge on any atom is -0.508 e. The molecule has 0 amide bonds. The molecule has 1 heterocycles. The van der Waals surface area contributed by atoms with Crippen LogP contribution in [-0.2, 0) is 11.3 Å². The molecule has 26 heavy (non-hydrogen) atoms. The number of anilines is 1. The van der Waals surface area contributed by atoms with Crippen LogP contribution in [0.4, 0.5) is 5.69 Å². The summed E-state index contributed by atoms with van der Waals surface area (Å²) in [6.45, 7) is 2.35. The van der Waals surface area contributed by atoms with E-state index in [-0.39, 0.29) is 23.8 Å². The predicted molar refractivity (Wildman–Crippen MR) is 96.8 cm³/mol. The second kappa shape index (κ2) is 7.07. The highest BCUT2D eigenvalue weighted by Gasteiger charge is 2.41. The standard InChI is InChI=1S/C20H21NO5/c1-2-15-14(10-18(23)24)19-13(20(25)26)7-5-8-16(19)21(15)11-12-6-3-4-9-17(12)22/h3-9,14-15,22H,2,10-11H2,1H3,(H,23,24)(H,25,26). The van der Waals surface area contributed by atoms with Gasteiger partial charge in [-0.15, -0.1) is 0 Å². The summed E-state index contributed by atoms with van der Waals surface area (Å²) in [5.74, 6) is -2.26. The number of hydrogen-bond acceptors (Lipinski definition) is 4. The first-order chi connectivity index (χ1) is 12.4. The molecule has 2 unspecified atom stereocenters. The number of aromatic hydroxyl groups is 1. The molecule has 2 atom stereocenters. The molecule has 0 bridgehead atoms. The molecule has 0 saturated heterocycles. The fraction of sp³-hybridized carbons (Fsp3) is 0.300. The van der Waals surface area contributed by atoms with Crippen molar-refractivity contribution in [2.75, 3.05) is 4.90 Å². The smallest absolute Gasteiger partial charge is 0.336 e. The molecule has 1 aliphatic rings. The molecule has 6 heteroatoms. The molecule has 136 valence electrons. The van der Waals surface area contributed by atoms with E-state index in [0.29, 0.717) is 24.1 Å². The fourth-order valence-corrected chi connectivity index (χ4v) is 3.93. The van der Waals surface area contributed by atoms with E-state index >= 15 is 0 Å². The molecule has 0 aliphatic carbocycles. The zero-order valence-electron chi connectivity index (χ0n) is 14.4. The van der Waals surface area contributed by atoms with Crippen molar-refractivity contribution in [1.29, 1.82) is 0 Å². The van der Waals surface area contributed by atoms with Crippen molar-refractivity contribution in [1.82, 2.24) is 0 Å². The number of carbonyl (C=O) groups is 2. The number of hydrogen-bond donors (Lipinski definition) is 3. The zero-order chi connectivity index (χ0) is 18.8. The highest BCUT2D eigenvalue weighted by Crippen LogP contribution is 2.46. The maximum absolute atomic E-state index is 11.7. The number of phenols is 1. The maximum atomic E-state index is 11.7. The van der Waals surface area contributed by atoms with E-state index in [2.05, 4.69) is 0 Å². The van der Waals surface area contributed by atoms with Gasteiger partial charge in [-0.05, 0) is 30.2 Å². The van der Waals surface area contributed by atoms with Gasteiger partial charge >= 0.3 is 11.9 Å². The van der Waals surface area contributed by atoms with E-state index in [0.717, 1.165) is 5.69 Å². The lowest BCUT2D eigenvalue weighted by atomic mass is 9.87. The van der Waals surface area contributed by atoms with E-state index in [1.807, 2.05) is 30.0 Å². The Labute approximate surface area is 151 Å². The molecule has 6 nitrogen and oxygen atoms in total. The van der Waals surface area contributed by atoms with Gasteiger partial charge in [-0.1, -0.05) is 31.2 Å². The van der Waals surface area contributed by atoms with Crippen molar-refractivity contribution < 1.29 is 24.9 Å². The third-order valence-electron chi connectivity index (χ3n) is 5.00. The molecule has 0 spiro atoms. The lowest BCUT2D eigenvalue weighted by molar-refractivity contribution is -0.137. The Morgan fingerprint density at radius 1 is 1.08 bits per heavy atom. The topological polar surface area (TPSA) is 98.1 Å². The van der Waals surface area contributed by atoms with Crippen LogP contribution in [0.5, 0.6) is 5.75 Å². The van der Waals surface area contributed by atoms with Gasteiger partial charge in [0.2, 0.25) is 0 Å². The summed E-state index contributed by atoms with van der Waals surface area (Å²) in [6.07, 6.45) is 0.534. The van der Waals surface area contributed by atoms with Gasteiger partial charge in [-0.25, -0.2) is 4.79 Å². The summed E-state index contributed by atoms with van der Waals surface area (Å²) in [5, 5.41) is 29.0. The van der Waals surface area contributed by atoms with Crippen molar-refractivity contribution in [2.45, 2.75) is 38.3 Å². The number of aromatic carboxylic acids is 1. The Kier molecular flexibility index (Phi) is 4.84. The maximum Gasteiger partial charge on any atom is 0.336 e. The number of aliphatic carboxylic acids is 1. The Hall–Kier alpha value is -3.02. The van der Waals surface area contributed by atoms with Crippen molar-refractivity contribution in [3.63, 3.8) is 0 Å². The first-order valence-electron chi connectivity index (χ1n) is 8.55. The number of fused-ring (bicyclic) bond motifs is 1. The highest BCUT2D eigenvalue weighted by atomic mass is 16.4. The summed E-state index contributed by atoms with van der Waals surface area (Å²) in [6, 6.07) is 11.9. The Morgan fingerprint density at radius 3 is 2.42 bits per heavy atom. The molecular formula is C20H21NO5. The Balaban J connectivity index is 2.11. The number of phenolic OH excluding ortho intramolecular Hbond substituents is 1. The molecule has 1 aliphatic heterocycles. The second-order valence-corrected chi connectivity index (χ2v) is 6.48. The molecule has 0 fully saturated rings. The molecule has 0 radical (unpaired) electrons. The van der Waals surface area contributed by atoms with Crippen LogP contribution in [-0.4, -0.2) is 33.3 Å².